The summed E-state index contributed by atoms with van der Waals surface area (Å²) >= 11 is 0. The standard InChI is InChI=1S/C55H36N2O/c1-55(2)43-23-13-21-40-37-18-6-10-25-45(37)57-46-26-11-7-19-38(46)42-32-48(52(55)51(50(40)43)53(42)57)56(47-27-14-22-41-39-20-8-12-28-49(39)58-54(41)47)44-24-9-5-17-36(44)35-30-29-33-15-3-4-16-34(33)31-35/h3-32H,1-2H3. The number of para-hydroxylation sites is 5. The Morgan fingerprint density at radius 1 is 0.483 bits per heavy atom. The molecule has 0 spiro atoms. The Kier molecular flexibility index (Phi) is 6.23. The molecule has 0 unspecified atom stereocenters. The Morgan fingerprint density at radius 2 is 1.17 bits per heavy atom. The van der Waals surface area contributed by atoms with Crippen LogP contribution < -0.4 is 4.90 Å². The van der Waals surface area contributed by atoms with E-state index in [4.69, 9.17) is 4.42 Å². The lowest BCUT2D eigenvalue weighted by Gasteiger charge is -2.33. The van der Waals surface area contributed by atoms with Crippen LogP contribution in [0.4, 0.5) is 17.1 Å². The van der Waals surface area contributed by atoms with Crippen molar-refractivity contribution in [3.63, 3.8) is 0 Å². The Bertz CT molecular complexity index is 3560. The molecule has 1 aliphatic heterocycles. The molecule has 3 heteroatoms. The molecule has 0 saturated carbocycles. The van der Waals surface area contributed by atoms with Crippen LogP contribution in [0.5, 0.6) is 0 Å². The van der Waals surface area contributed by atoms with Crippen molar-refractivity contribution in [3.05, 3.63) is 193 Å². The van der Waals surface area contributed by atoms with Crippen LogP contribution in [0.2, 0.25) is 0 Å². The number of aromatic nitrogens is 1. The summed E-state index contributed by atoms with van der Waals surface area (Å²) < 4.78 is 9.47. The van der Waals surface area contributed by atoms with Crippen molar-refractivity contribution >= 4 is 71.6 Å². The first-order valence-electron chi connectivity index (χ1n) is 20.2. The number of rotatable bonds is 4. The summed E-state index contributed by atoms with van der Waals surface area (Å²) in [6.07, 6.45) is 0. The highest BCUT2D eigenvalue weighted by Gasteiger charge is 2.44. The second-order valence-corrected chi connectivity index (χ2v) is 16.4. The maximum absolute atomic E-state index is 6.93. The van der Waals surface area contributed by atoms with E-state index in [-0.39, 0.29) is 5.41 Å². The second kappa shape index (κ2) is 11.4. The van der Waals surface area contributed by atoms with Gasteiger partial charge in [0.1, 0.15) is 5.58 Å². The highest BCUT2D eigenvalue weighted by molar-refractivity contribution is 6.21. The summed E-state index contributed by atoms with van der Waals surface area (Å²) in [5, 5.41) is 7.16. The Labute approximate surface area is 335 Å². The molecule has 1 aliphatic carbocycles. The fourth-order valence-corrected chi connectivity index (χ4v) is 10.6. The predicted octanol–water partition coefficient (Wildman–Crippen LogP) is 15.3. The zero-order chi connectivity index (χ0) is 38.3. The molecular formula is C55H36N2O. The van der Waals surface area contributed by atoms with Crippen LogP contribution in [0.3, 0.4) is 0 Å². The largest absolute Gasteiger partial charge is 0.454 e. The molecule has 2 aliphatic rings. The van der Waals surface area contributed by atoms with E-state index in [1.165, 1.54) is 77.2 Å². The number of hydrogen-bond acceptors (Lipinski definition) is 2. The van der Waals surface area contributed by atoms with Crippen LogP contribution >= 0.6 is 0 Å². The van der Waals surface area contributed by atoms with Crippen molar-refractivity contribution in [2.45, 2.75) is 19.3 Å². The van der Waals surface area contributed by atoms with Crippen molar-refractivity contribution in [2.75, 3.05) is 4.90 Å². The first kappa shape index (κ1) is 31.8. The Balaban J connectivity index is 1.22. The topological polar surface area (TPSA) is 21.3 Å². The van der Waals surface area contributed by atoms with Gasteiger partial charge >= 0.3 is 0 Å². The van der Waals surface area contributed by atoms with Crippen molar-refractivity contribution < 1.29 is 4.42 Å². The zero-order valence-electron chi connectivity index (χ0n) is 32.1. The fraction of sp³-hybridized carbons (Fsp3) is 0.0545. The smallest absolute Gasteiger partial charge is 0.159 e. The molecule has 11 aromatic rings. The van der Waals surface area contributed by atoms with Crippen molar-refractivity contribution in [3.8, 4) is 39.1 Å². The molecular weight excluding hydrogens is 705 g/mol. The molecule has 9 aromatic carbocycles. The minimum atomic E-state index is -0.338. The number of furan rings is 1. The van der Waals surface area contributed by atoms with Crippen molar-refractivity contribution in [1.29, 1.82) is 0 Å². The SMILES string of the molecule is CC1(C)c2cccc3c2-c2c1c(N(c1ccccc1-c1ccc4ccccc4c1)c1cccc4c1oc1ccccc14)cc1c4ccccc4n(c21)-c1ccccc1-3. The Hall–Kier alpha value is -7.36. The van der Waals surface area contributed by atoms with E-state index >= 15 is 0 Å². The number of anilines is 3. The number of benzene rings is 9. The average Bonchev–Trinajstić information content (AvgIpc) is 3.86. The number of hydrogen-bond donors (Lipinski definition) is 0. The lowest BCUT2D eigenvalue weighted by atomic mass is 9.80. The molecule has 0 atom stereocenters. The second-order valence-electron chi connectivity index (χ2n) is 16.4. The number of nitrogens with zero attached hydrogens (tertiary/aromatic N) is 2. The Morgan fingerprint density at radius 3 is 2.09 bits per heavy atom. The van der Waals surface area contributed by atoms with Gasteiger partial charge in [0.05, 0.1) is 33.8 Å². The van der Waals surface area contributed by atoms with E-state index in [9.17, 15) is 0 Å². The third-order valence-corrected chi connectivity index (χ3v) is 13.1. The molecule has 0 bridgehead atoms. The van der Waals surface area contributed by atoms with E-state index in [1.807, 2.05) is 0 Å². The van der Waals surface area contributed by atoms with Gasteiger partial charge in [0.2, 0.25) is 0 Å². The van der Waals surface area contributed by atoms with E-state index in [0.29, 0.717) is 0 Å². The van der Waals surface area contributed by atoms with Gasteiger partial charge in [-0.2, -0.15) is 0 Å². The van der Waals surface area contributed by atoms with Gasteiger partial charge < -0.3 is 13.9 Å². The van der Waals surface area contributed by atoms with Crippen LogP contribution in [-0.4, -0.2) is 4.57 Å². The van der Waals surface area contributed by atoms with E-state index in [1.54, 1.807) is 0 Å². The van der Waals surface area contributed by atoms with Crippen LogP contribution in [0.15, 0.2) is 186 Å². The molecule has 0 fully saturated rings. The molecule has 13 rings (SSSR count). The summed E-state index contributed by atoms with van der Waals surface area (Å²) in [6, 6.07) is 66.8. The van der Waals surface area contributed by atoms with Gasteiger partial charge in [-0.15, -0.1) is 0 Å². The molecule has 0 N–H and O–H groups in total. The fourth-order valence-electron chi connectivity index (χ4n) is 10.6. The normalized spacial score (nSPS) is 13.5. The van der Waals surface area contributed by atoms with Gasteiger partial charge in [0.15, 0.2) is 5.58 Å². The summed E-state index contributed by atoms with van der Waals surface area (Å²) in [6.45, 7) is 4.85. The predicted molar refractivity (Wildman–Crippen MR) is 242 cm³/mol. The quantitative estimate of drug-likeness (QED) is 0.179. The van der Waals surface area contributed by atoms with Crippen LogP contribution in [-0.2, 0) is 5.41 Å². The molecule has 3 heterocycles. The minimum Gasteiger partial charge on any atom is -0.454 e. The maximum Gasteiger partial charge on any atom is 0.159 e. The summed E-state index contributed by atoms with van der Waals surface area (Å²) in [5.41, 5.74) is 18.6. The van der Waals surface area contributed by atoms with Crippen molar-refractivity contribution in [1.82, 2.24) is 4.57 Å². The monoisotopic (exact) mass is 740 g/mol. The first-order valence-corrected chi connectivity index (χ1v) is 20.2. The van der Waals surface area contributed by atoms with Crippen molar-refractivity contribution in [2.24, 2.45) is 0 Å². The molecule has 0 radical (unpaired) electrons. The maximum atomic E-state index is 6.93. The summed E-state index contributed by atoms with van der Waals surface area (Å²) in [5.74, 6) is 0. The molecule has 3 nitrogen and oxygen atoms in total. The van der Waals surface area contributed by atoms with Crippen LogP contribution in [0.25, 0.3) is 93.6 Å². The van der Waals surface area contributed by atoms with Gasteiger partial charge in [-0.1, -0.05) is 153 Å². The highest BCUT2D eigenvalue weighted by atomic mass is 16.3. The average molecular weight is 741 g/mol. The highest BCUT2D eigenvalue weighted by Crippen LogP contribution is 2.62. The zero-order valence-corrected chi connectivity index (χ0v) is 32.1. The van der Waals surface area contributed by atoms with E-state index in [0.717, 1.165) is 44.6 Å². The third-order valence-electron chi connectivity index (χ3n) is 13.1. The third kappa shape index (κ3) is 4.07. The van der Waals surface area contributed by atoms with E-state index in [2.05, 4.69) is 205 Å². The lowest BCUT2D eigenvalue weighted by molar-refractivity contribution is 0.659. The van der Waals surface area contributed by atoms with Gasteiger partial charge in [-0.25, -0.2) is 0 Å². The molecule has 0 saturated heterocycles. The number of fused-ring (bicyclic) bond motifs is 10. The van der Waals surface area contributed by atoms with Gasteiger partial charge in [-0.05, 0) is 81.1 Å². The molecule has 58 heavy (non-hydrogen) atoms. The molecule has 272 valence electrons. The van der Waals surface area contributed by atoms with E-state index < -0.39 is 0 Å². The van der Waals surface area contributed by atoms with Gasteiger partial charge in [0, 0.05) is 43.7 Å². The minimum absolute atomic E-state index is 0.338. The van der Waals surface area contributed by atoms with Gasteiger partial charge in [0.25, 0.3) is 0 Å². The molecule has 2 aromatic heterocycles. The van der Waals surface area contributed by atoms with Gasteiger partial charge in [-0.3, -0.25) is 0 Å². The van der Waals surface area contributed by atoms with Crippen LogP contribution in [0.1, 0.15) is 25.0 Å². The lowest BCUT2D eigenvalue weighted by Crippen LogP contribution is -2.21. The summed E-state index contributed by atoms with van der Waals surface area (Å²) in [7, 11) is 0. The molecule has 0 amide bonds. The van der Waals surface area contributed by atoms with Crippen LogP contribution in [0, 0.1) is 0 Å². The first-order chi connectivity index (χ1) is 28.6. The summed E-state index contributed by atoms with van der Waals surface area (Å²) in [4.78, 5) is 2.53.